The Labute approximate surface area is 152 Å². The molecule has 2 rings (SSSR count). The molecule has 1 aromatic carbocycles. The number of nitrogens with zero attached hydrogens (tertiary/aromatic N) is 2. The first-order valence-electron chi connectivity index (χ1n) is 7.04. The van der Waals surface area contributed by atoms with Crippen molar-refractivity contribution in [2.45, 2.75) is 17.8 Å². The molecule has 0 aromatic heterocycles. The fraction of sp³-hybridized carbons (Fsp3) is 0.286. The van der Waals surface area contributed by atoms with E-state index in [4.69, 9.17) is 5.11 Å². The van der Waals surface area contributed by atoms with Crippen molar-refractivity contribution in [3.8, 4) is 5.75 Å². The molecule has 27 heavy (non-hydrogen) atoms. The molecule has 1 aliphatic heterocycles. The number of aliphatic carboxylic acids is 1. The molecule has 1 aromatic rings. The Morgan fingerprint density at radius 3 is 2.52 bits per heavy atom. The van der Waals surface area contributed by atoms with E-state index in [1.54, 1.807) is 0 Å². The highest BCUT2D eigenvalue weighted by Crippen LogP contribution is 2.26. The van der Waals surface area contributed by atoms with Crippen LogP contribution in [0, 0.1) is 11.6 Å². The molecular weight excluding hydrogens is 401 g/mol. The van der Waals surface area contributed by atoms with Crippen LogP contribution in [0.2, 0.25) is 0 Å². The number of benzene rings is 1. The van der Waals surface area contributed by atoms with Gasteiger partial charge in [0.25, 0.3) is 0 Å². The van der Waals surface area contributed by atoms with Gasteiger partial charge in [-0.05, 0) is 12.1 Å². The molecule has 1 aliphatic rings. The quantitative estimate of drug-likeness (QED) is 0.425. The second kappa shape index (κ2) is 8.33. The third kappa shape index (κ3) is 6.20. The Bertz CT molecular complexity index is 789. The number of amidine groups is 1. The molecule has 1 fully saturated rings. The van der Waals surface area contributed by atoms with E-state index < -0.39 is 53.7 Å². The number of hydrogen-bond donors (Lipinski definition) is 2. The van der Waals surface area contributed by atoms with Crippen molar-refractivity contribution in [2.24, 2.45) is 10.2 Å². The summed E-state index contributed by atoms with van der Waals surface area (Å²) in [5, 5.41) is 17.1. The minimum Gasteiger partial charge on any atom is -0.481 e. The lowest BCUT2D eigenvalue weighted by Crippen LogP contribution is -2.26. The van der Waals surface area contributed by atoms with Crippen molar-refractivity contribution in [1.82, 2.24) is 5.32 Å². The van der Waals surface area contributed by atoms with Crippen molar-refractivity contribution in [2.75, 3.05) is 6.61 Å². The monoisotopic (exact) mass is 411 g/mol. The van der Waals surface area contributed by atoms with Gasteiger partial charge in [0.1, 0.15) is 5.25 Å². The Hall–Kier alpha value is -2.70. The van der Waals surface area contributed by atoms with Gasteiger partial charge in [-0.2, -0.15) is 18.3 Å². The second-order valence-electron chi connectivity index (χ2n) is 5.06. The number of carbonyl (C=O) groups excluding carboxylic acids is 1. The predicted molar refractivity (Wildman–Crippen MR) is 84.7 cm³/mol. The molecular formula is C14H10F5N3O4S. The van der Waals surface area contributed by atoms with Crippen LogP contribution in [-0.4, -0.2) is 46.4 Å². The van der Waals surface area contributed by atoms with Crippen LogP contribution in [0.1, 0.15) is 12.0 Å². The maximum Gasteiger partial charge on any atom is 0.422 e. The van der Waals surface area contributed by atoms with Gasteiger partial charge in [0, 0.05) is 5.56 Å². The molecule has 0 radical (unpaired) electrons. The van der Waals surface area contributed by atoms with E-state index in [-0.39, 0.29) is 10.7 Å². The van der Waals surface area contributed by atoms with Gasteiger partial charge in [-0.25, -0.2) is 8.78 Å². The molecule has 0 aliphatic carbocycles. The molecule has 146 valence electrons. The normalized spacial score (nSPS) is 18.9. The van der Waals surface area contributed by atoms with E-state index >= 15 is 0 Å². The number of carboxylic acids is 1. The summed E-state index contributed by atoms with van der Waals surface area (Å²) < 4.78 is 67.6. The largest absolute Gasteiger partial charge is 0.481 e. The highest BCUT2D eigenvalue weighted by molar-refractivity contribution is 8.15. The van der Waals surface area contributed by atoms with E-state index in [0.29, 0.717) is 12.1 Å². The third-order valence-electron chi connectivity index (χ3n) is 2.89. The summed E-state index contributed by atoms with van der Waals surface area (Å²) in [6, 6.07) is 1.37. The van der Waals surface area contributed by atoms with Crippen LogP contribution in [0.3, 0.4) is 0 Å². The molecule has 0 bridgehead atoms. The lowest BCUT2D eigenvalue weighted by atomic mass is 10.2. The molecule has 0 spiro atoms. The Morgan fingerprint density at radius 1 is 1.33 bits per heavy atom. The third-order valence-corrected chi connectivity index (χ3v) is 3.96. The standard InChI is InChI=1S/C14H10F5N3O4S/c15-7-1-6(2-8(16)11(7)26-5-14(17,18)19)4-20-22-13-21-12(25)9(27-13)3-10(23)24/h1-2,4,9H,3,5H2,(H,23,24)(H,21,22,25). The molecule has 7 nitrogen and oxygen atoms in total. The summed E-state index contributed by atoms with van der Waals surface area (Å²) in [6.07, 6.45) is -4.28. The zero-order valence-electron chi connectivity index (χ0n) is 13.1. The fourth-order valence-electron chi connectivity index (χ4n) is 1.84. The maximum atomic E-state index is 13.7. The molecule has 1 heterocycles. The summed E-state index contributed by atoms with van der Waals surface area (Å²) in [7, 11) is 0. The van der Waals surface area contributed by atoms with Crippen LogP contribution in [0.5, 0.6) is 5.75 Å². The summed E-state index contributed by atoms with van der Waals surface area (Å²) in [5.74, 6) is -5.64. The van der Waals surface area contributed by atoms with Crippen molar-refractivity contribution in [1.29, 1.82) is 0 Å². The number of carboxylic acid groups (broad SMARTS) is 1. The van der Waals surface area contributed by atoms with E-state index in [1.165, 1.54) is 0 Å². The van der Waals surface area contributed by atoms with Gasteiger partial charge in [-0.15, -0.1) is 5.10 Å². The van der Waals surface area contributed by atoms with E-state index in [0.717, 1.165) is 18.0 Å². The number of rotatable bonds is 6. The second-order valence-corrected chi connectivity index (χ2v) is 6.25. The lowest BCUT2D eigenvalue weighted by molar-refractivity contribution is -0.154. The van der Waals surface area contributed by atoms with E-state index in [2.05, 4.69) is 20.3 Å². The minimum atomic E-state index is -4.75. The number of ether oxygens (including phenoxy) is 1. The smallest absolute Gasteiger partial charge is 0.422 e. The van der Waals surface area contributed by atoms with Crippen LogP contribution >= 0.6 is 11.8 Å². The lowest BCUT2D eigenvalue weighted by Gasteiger charge is -2.10. The predicted octanol–water partition coefficient (Wildman–Crippen LogP) is 2.30. The fourth-order valence-corrected chi connectivity index (χ4v) is 2.75. The van der Waals surface area contributed by atoms with Gasteiger partial charge in [0.05, 0.1) is 12.6 Å². The number of carbonyl (C=O) groups is 2. The number of thioether (sulfide) groups is 1. The molecule has 0 saturated carbocycles. The van der Waals surface area contributed by atoms with Crippen LogP contribution in [0.15, 0.2) is 22.3 Å². The summed E-state index contributed by atoms with van der Waals surface area (Å²) in [4.78, 5) is 22.1. The average Bonchev–Trinajstić information content (AvgIpc) is 2.84. The zero-order chi connectivity index (χ0) is 20.2. The first-order valence-corrected chi connectivity index (χ1v) is 7.92. The Balaban J connectivity index is 2.05. The number of amides is 1. The number of nitrogens with one attached hydrogen (secondary N) is 1. The molecule has 13 heteroatoms. The first kappa shape index (κ1) is 20.6. The van der Waals surface area contributed by atoms with Gasteiger partial charge in [-0.1, -0.05) is 11.8 Å². The number of alkyl halides is 3. The SMILES string of the molecule is O=C(O)CC1SC(=NN=Cc2cc(F)c(OCC(F)(F)F)c(F)c2)NC1=O. The van der Waals surface area contributed by atoms with Gasteiger partial charge in [-0.3, -0.25) is 9.59 Å². The van der Waals surface area contributed by atoms with Gasteiger partial charge < -0.3 is 15.2 Å². The first-order chi connectivity index (χ1) is 12.5. The maximum absolute atomic E-state index is 13.7. The van der Waals surface area contributed by atoms with Gasteiger partial charge >= 0.3 is 12.1 Å². The topological polar surface area (TPSA) is 100 Å². The van der Waals surface area contributed by atoms with Crippen molar-refractivity contribution >= 4 is 35.0 Å². The van der Waals surface area contributed by atoms with Crippen LogP contribution in [0.25, 0.3) is 0 Å². The van der Waals surface area contributed by atoms with E-state index in [9.17, 15) is 31.5 Å². The summed E-state index contributed by atoms with van der Waals surface area (Å²) in [5.41, 5.74) is -0.162. The molecule has 1 amide bonds. The van der Waals surface area contributed by atoms with Crippen LogP contribution in [0.4, 0.5) is 22.0 Å². The summed E-state index contributed by atoms with van der Waals surface area (Å²) >= 11 is 0.820. The van der Waals surface area contributed by atoms with Crippen LogP contribution < -0.4 is 10.1 Å². The average molecular weight is 411 g/mol. The minimum absolute atomic E-state index is 0.00595. The van der Waals surface area contributed by atoms with Crippen molar-refractivity contribution in [3.63, 3.8) is 0 Å². The highest BCUT2D eigenvalue weighted by Gasteiger charge is 2.32. The Morgan fingerprint density at radius 2 is 1.96 bits per heavy atom. The Kier molecular flexibility index (Phi) is 6.36. The van der Waals surface area contributed by atoms with Gasteiger partial charge in [0.2, 0.25) is 5.91 Å². The van der Waals surface area contributed by atoms with Crippen LogP contribution in [-0.2, 0) is 9.59 Å². The van der Waals surface area contributed by atoms with Gasteiger partial charge in [0.15, 0.2) is 29.2 Å². The number of halogens is 5. The van der Waals surface area contributed by atoms with Crippen molar-refractivity contribution < 1.29 is 41.4 Å². The molecule has 1 atom stereocenters. The molecule has 1 unspecified atom stereocenters. The zero-order valence-corrected chi connectivity index (χ0v) is 13.9. The summed E-state index contributed by atoms with van der Waals surface area (Å²) in [6.45, 7) is -1.85. The highest BCUT2D eigenvalue weighted by atomic mass is 32.2. The van der Waals surface area contributed by atoms with Crippen molar-refractivity contribution in [3.05, 3.63) is 29.3 Å². The van der Waals surface area contributed by atoms with E-state index in [1.807, 2.05) is 0 Å². The number of hydrogen-bond acceptors (Lipinski definition) is 6. The molecule has 1 saturated heterocycles. The molecule has 2 N–H and O–H groups in total.